The third-order valence-corrected chi connectivity index (χ3v) is 5.51. The number of benzene rings is 3. The van der Waals surface area contributed by atoms with Gasteiger partial charge in [-0.2, -0.15) is 0 Å². The first-order valence-corrected chi connectivity index (χ1v) is 11.2. The maximum atomic E-state index is 12.8. The summed E-state index contributed by atoms with van der Waals surface area (Å²) >= 11 is 0. The van der Waals surface area contributed by atoms with Gasteiger partial charge in [0.05, 0.1) is 19.3 Å². The Labute approximate surface area is 205 Å². The molecular formula is C27H30N4O4. The number of hydrogen-bond donors (Lipinski definition) is 3. The van der Waals surface area contributed by atoms with E-state index in [1.165, 1.54) is 14.0 Å². The third-order valence-electron chi connectivity index (χ3n) is 5.51. The fraction of sp³-hybridized carbons (Fsp3) is 0.222. The molecule has 3 aromatic carbocycles. The number of likely N-dealkylation sites (N-methyl/N-ethyl adjacent to an activating group) is 1. The summed E-state index contributed by atoms with van der Waals surface area (Å²) in [5, 5.41) is 8.46. The molecule has 0 aromatic heterocycles. The lowest BCUT2D eigenvalue weighted by Crippen LogP contribution is -2.32. The maximum Gasteiger partial charge on any atom is 0.255 e. The van der Waals surface area contributed by atoms with Crippen LogP contribution in [0.2, 0.25) is 0 Å². The van der Waals surface area contributed by atoms with Crippen molar-refractivity contribution in [3.05, 3.63) is 83.9 Å². The fourth-order valence-corrected chi connectivity index (χ4v) is 3.56. The molecule has 0 heterocycles. The summed E-state index contributed by atoms with van der Waals surface area (Å²) in [7, 11) is 3.37. The highest BCUT2D eigenvalue weighted by atomic mass is 16.5. The van der Waals surface area contributed by atoms with Gasteiger partial charge in [-0.25, -0.2) is 0 Å². The summed E-state index contributed by atoms with van der Waals surface area (Å²) in [5.74, 6) is -0.127. The fourth-order valence-electron chi connectivity index (χ4n) is 3.56. The molecule has 0 fully saturated rings. The van der Waals surface area contributed by atoms with E-state index in [-0.39, 0.29) is 30.3 Å². The minimum atomic E-state index is -0.230. The molecule has 1 atom stereocenters. The van der Waals surface area contributed by atoms with Crippen LogP contribution in [0.4, 0.5) is 17.1 Å². The SMILES string of the molecule is COc1ccc(NC(C)=O)cc1NC(=O)CN(C)[C@H](C)c1cccc(NC(=O)c2ccccc2)c1. The molecule has 8 nitrogen and oxygen atoms in total. The first-order valence-electron chi connectivity index (χ1n) is 11.2. The van der Waals surface area contributed by atoms with Crippen molar-refractivity contribution in [1.82, 2.24) is 4.90 Å². The van der Waals surface area contributed by atoms with Crippen LogP contribution in [0, 0.1) is 0 Å². The van der Waals surface area contributed by atoms with E-state index in [2.05, 4.69) is 16.0 Å². The largest absolute Gasteiger partial charge is 0.495 e. The van der Waals surface area contributed by atoms with Crippen LogP contribution in [-0.4, -0.2) is 43.3 Å². The van der Waals surface area contributed by atoms with Crippen LogP contribution in [0.25, 0.3) is 0 Å². The average Bonchev–Trinajstić information content (AvgIpc) is 2.84. The number of carbonyl (C=O) groups is 3. The predicted molar refractivity (Wildman–Crippen MR) is 138 cm³/mol. The Bertz CT molecular complexity index is 1200. The van der Waals surface area contributed by atoms with E-state index < -0.39 is 0 Å². The molecule has 0 aliphatic heterocycles. The van der Waals surface area contributed by atoms with Crippen LogP contribution in [0.5, 0.6) is 5.75 Å². The lowest BCUT2D eigenvalue weighted by molar-refractivity contribution is -0.117. The Hall–Kier alpha value is -4.17. The van der Waals surface area contributed by atoms with Gasteiger partial charge in [0.15, 0.2) is 0 Å². The number of nitrogens with one attached hydrogen (secondary N) is 3. The Balaban J connectivity index is 1.64. The van der Waals surface area contributed by atoms with Crippen molar-refractivity contribution in [3.8, 4) is 5.75 Å². The van der Waals surface area contributed by atoms with Gasteiger partial charge in [0.2, 0.25) is 11.8 Å². The Morgan fingerprint density at radius 2 is 1.60 bits per heavy atom. The molecule has 182 valence electrons. The number of ether oxygens (including phenoxy) is 1. The van der Waals surface area contributed by atoms with E-state index in [1.54, 1.807) is 30.3 Å². The van der Waals surface area contributed by atoms with Crippen molar-refractivity contribution in [3.63, 3.8) is 0 Å². The van der Waals surface area contributed by atoms with E-state index >= 15 is 0 Å². The number of nitrogens with zero attached hydrogens (tertiary/aromatic N) is 1. The zero-order valence-corrected chi connectivity index (χ0v) is 20.3. The van der Waals surface area contributed by atoms with Gasteiger partial charge >= 0.3 is 0 Å². The van der Waals surface area contributed by atoms with Crippen molar-refractivity contribution < 1.29 is 19.1 Å². The maximum absolute atomic E-state index is 12.8. The van der Waals surface area contributed by atoms with Crippen LogP contribution in [0.1, 0.15) is 35.8 Å². The summed E-state index contributed by atoms with van der Waals surface area (Å²) in [5.41, 5.74) is 3.25. The first-order chi connectivity index (χ1) is 16.8. The molecular weight excluding hydrogens is 444 g/mol. The van der Waals surface area contributed by atoms with Crippen LogP contribution < -0.4 is 20.7 Å². The lowest BCUT2D eigenvalue weighted by Gasteiger charge is -2.25. The summed E-state index contributed by atoms with van der Waals surface area (Å²) in [6, 6.07) is 21.5. The van der Waals surface area contributed by atoms with E-state index in [0.29, 0.717) is 28.4 Å². The Kier molecular flexibility index (Phi) is 8.58. The molecule has 0 bridgehead atoms. The highest BCUT2D eigenvalue weighted by molar-refractivity contribution is 6.04. The smallest absolute Gasteiger partial charge is 0.255 e. The zero-order chi connectivity index (χ0) is 25.4. The molecule has 8 heteroatoms. The van der Waals surface area contributed by atoms with Gasteiger partial charge in [0.25, 0.3) is 5.91 Å². The average molecular weight is 475 g/mol. The summed E-state index contributed by atoms with van der Waals surface area (Å²) in [4.78, 5) is 38.5. The van der Waals surface area contributed by atoms with Gasteiger partial charge in [-0.1, -0.05) is 30.3 Å². The molecule has 0 unspecified atom stereocenters. The minimum Gasteiger partial charge on any atom is -0.495 e. The van der Waals surface area contributed by atoms with E-state index in [4.69, 9.17) is 4.74 Å². The van der Waals surface area contributed by atoms with Gasteiger partial charge < -0.3 is 20.7 Å². The highest BCUT2D eigenvalue weighted by Gasteiger charge is 2.17. The Morgan fingerprint density at radius 1 is 0.886 bits per heavy atom. The van der Waals surface area contributed by atoms with Gasteiger partial charge in [-0.05, 0) is 62.0 Å². The molecule has 0 aliphatic carbocycles. The van der Waals surface area contributed by atoms with Gasteiger partial charge in [-0.15, -0.1) is 0 Å². The van der Waals surface area contributed by atoms with Crippen molar-refractivity contribution in [2.24, 2.45) is 0 Å². The molecule has 0 radical (unpaired) electrons. The molecule has 0 aliphatic rings. The number of hydrogen-bond acceptors (Lipinski definition) is 5. The highest BCUT2D eigenvalue weighted by Crippen LogP contribution is 2.28. The second kappa shape index (κ2) is 11.8. The van der Waals surface area contributed by atoms with Crippen LogP contribution in [0.15, 0.2) is 72.8 Å². The number of methoxy groups -OCH3 is 1. The Morgan fingerprint density at radius 3 is 2.29 bits per heavy atom. The van der Waals surface area contributed by atoms with E-state index in [0.717, 1.165) is 5.56 Å². The molecule has 0 spiro atoms. The second-order valence-corrected chi connectivity index (χ2v) is 8.18. The standard InChI is InChI=1S/C27H30N4O4/c1-18(21-11-8-12-22(15-21)29-27(34)20-9-6-5-7-10-20)31(3)17-26(33)30-24-16-23(28-19(2)32)13-14-25(24)35-4/h5-16,18H,17H2,1-4H3,(H,28,32)(H,29,34)(H,30,33)/t18-/m1/s1. The molecule has 3 amide bonds. The number of anilines is 3. The third kappa shape index (κ3) is 7.15. The number of amides is 3. The molecule has 3 rings (SSSR count). The molecule has 3 N–H and O–H groups in total. The normalized spacial score (nSPS) is 11.5. The number of carbonyl (C=O) groups excluding carboxylic acids is 3. The molecule has 0 saturated carbocycles. The van der Waals surface area contributed by atoms with E-state index in [1.807, 2.05) is 61.3 Å². The van der Waals surface area contributed by atoms with Crippen molar-refractivity contribution >= 4 is 34.8 Å². The molecule has 3 aromatic rings. The summed E-state index contributed by atoms with van der Waals surface area (Å²) < 4.78 is 5.33. The topological polar surface area (TPSA) is 99.8 Å². The second-order valence-electron chi connectivity index (χ2n) is 8.18. The minimum absolute atomic E-state index is 0.0954. The first kappa shape index (κ1) is 25.5. The predicted octanol–water partition coefficient (Wildman–Crippen LogP) is 4.54. The van der Waals surface area contributed by atoms with E-state index in [9.17, 15) is 14.4 Å². The quantitative estimate of drug-likeness (QED) is 0.423. The summed E-state index contributed by atoms with van der Waals surface area (Å²) in [6.45, 7) is 3.53. The molecule has 0 saturated heterocycles. The van der Waals surface area contributed by atoms with Gasteiger partial charge in [-0.3, -0.25) is 19.3 Å². The van der Waals surface area contributed by atoms with Crippen LogP contribution in [0.3, 0.4) is 0 Å². The monoisotopic (exact) mass is 474 g/mol. The summed E-state index contributed by atoms with van der Waals surface area (Å²) in [6.07, 6.45) is 0. The number of rotatable bonds is 9. The van der Waals surface area contributed by atoms with Gasteiger partial charge in [0.1, 0.15) is 5.75 Å². The zero-order valence-electron chi connectivity index (χ0n) is 20.3. The lowest BCUT2D eigenvalue weighted by atomic mass is 10.1. The van der Waals surface area contributed by atoms with Gasteiger partial charge in [0, 0.05) is 29.9 Å². The van der Waals surface area contributed by atoms with Crippen LogP contribution in [-0.2, 0) is 9.59 Å². The van der Waals surface area contributed by atoms with Crippen molar-refractivity contribution in [1.29, 1.82) is 0 Å². The van der Waals surface area contributed by atoms with Crippen LogP contribution >= 0.6 is 0 Å². The van der Waals surface area contributed by atoms with Crippen molar-refractivity contribution in [2.75, 3.05) is 36.7 Å². The molecule has 35 heavy (non-hydrogen) atoms. The van der Waals surface area contributed by atoms with Crippen molar-refractivity contribution in [2.45, 2.75) is 19.9 Å².